The molecule has 2 aromatic rings. The number of benzene rings is 1. The molecule has 112 valence electrons. The van der Waals surface area contributed by atoms with E-state index in [4.69, 9.17) is 5.11 Å². The second-order valence-electron chi connectivity index (χ2n) is 4.20. The first-order chi connectivity index (χ1) is 10.0. The average Bonchev–Trinajstić information content (AvgIpc) is 2.88. The molecule has 0 spiro atoms. The Labute approximate surface area is 118 Å². The van der Waals surface area contributed by atoms with Crippen molar-refractivity contribution in [2.75, 3.05) is 11.9 Å². The fourth-order valence-corrected chi connectivity index (χ4v) is 1.77. The van der Waals surface area contributed by atoms with Crippen LogP contribution in [0.4, 0.5) is 20.2 Å². The number of aliphatic hydroxyl groups excluding tert-OH is 1. The Morgan fingerprint density at radius 2 is 2.19 bits per heavy atom. The van der Waals surface area contributed by atoms with E-state index in [2.05, 4.69) is 10.4 Å². The lowest BCUT2D eigenvalue weighted by atomic mass is 10.2. The number of hydrogen-bond acceptors (Lipinski definition) is 5. The van der Waals surface area contributed by atoms with Crippen molar-refractivity contribution in [1.29, 1.82) is 0 Å². The molecule has 1 heterocycles. The number of nitrogens with zero attached hydrogens (tertiary/aromatic N) is 3. The van der Waals surface area contributed by atoms with Crippen molar-refractivity contribution >= 4 is 11.4 Å². The maximum absolute atomic E-state index is 13.7. The summed E-state index contributed by atoms with van der Waals surface area (Å²) in [5, 5.41) is 26.0. The maximum atomic E-state index is 13.7. The smallest absolute Gasteiger partial charge is 0.295 e. The second-order valence-corrected chi connectivity index (χ2v) is 4.20. The van der Waals surface area contributed by atoms with Gasteiger partial charge in [0.15, 0.2) is 17.3 Å². The molecule has 1 aromatic heterocycles. The van der Waals surface area contributed by atoms with Gasteiger partial charge in [0.05, 0.1) is 24.3 Å². The molecule has 21 heavy (non-hydrogen) atoms. The number of nitro benzene ring substituents is 1. The SMILES string of the molecule is O=[N+]([O-])c1ccc(F)c(F)c1NCc1cnn(CCO)c1. The third-order valence-electron chi connectivity index (χ3n) is 2.75. The molecule has 0 aliphatic carbocycles. The molecular formula is C12H12F2N4O3. The number of halogens is 2. The Bertz CT molecular complexity index is 660. The van der Waals surface area contributed by atoms with Crippen molar-refractivity contribution in [3.63, 3.8) is 0 Å². The summed E-state index contributed by atoms with van der Waals surface area (Å²) < 4.78 is 28.3. The number of nitrogens with one attached hydrogen (secondary N) is 1. The standard InChI is InChI=1S/C12H12F2N4O3/c13-9-1-2-10(18(20)21)12(11(9)14)15-5-8-6-16-17(7-8)3-4-19/h1-2,6-7,15,19H,3-5H2. The highest BCUT2D eigenvalue weighted by atomic mass is 19.2. The lowest BCUT2D eigenvalue weighted by molar-refractivity contribution is -0.384. The monoisotopic (exact) mass is 298 g/mol. The highest BCUT2D eigenvalue weighted by Crippen LogP contribution is 2.29. The lowest BCUT2D eigenvalue weighted by Crippen LogP contribution is -2.06. The van der Waals surface area contributed by atoms with Gasteiger partial charge >= 0.3 is 0 Å². The second kappa shape index (κ2) is 6.27. The van der Waals surface area contributed by atoms with Crippen molar-refractivity contribution in [1.82, 2.24) is 9.78 Å². The predicted molar refractivity (Wildman–Crippen MR) is 69.7 cm³/mol. The molecule has 1 aromatic carbocycles. The van der Waals surface area contributed by atoms with Crippen LogP contribution in [0.25, 0.3) is 0 Å². The molecule has 9 heteroatoms. The van der Waals surface area contributed by atoms with Crippen LogP contribution >= 0.6 is 0 Å². The third-order valence-corrected chi connectivity index (χ3v) is 2.75. The van der Waals surface area contributed by atoms with Crippen LogP contribution in [-0.4, -0.2) is 26.4 Å². The maximum Gasteiger partial charge on any atom is 0.295 e. The van der Waals surface area contributed by atoms with Gasteiger partial charge in [0.1, 0.15) is 0 Å². The number of hydrogen-bond donors (Lipinski definition) is 2. The molecule has 0 saturated carbocycles. The van der Waals surface area contributed by atoms with Gasteiger partial charge in [0.25, 0.3) is 5.69 Å². The summed E-state index contributed by atoms with van der Waals surface area (Å²) in [5.41, 5.74) is -0.437. The molecule has 0 amide bonds. The summed E-state index contributed by atoms with van der Waals surface area (Å²) in [5.74, 6) is -2.47. The summed E-state index contributed by atoms with van der Waals surface area (Å²) >= 11 is 0. The molecule has 0 radical (unpaired) electrons. The molecule has 0 atom stereocenters. The Morgan fingerprint density at radius 1 is 1.43 bits per heavy atom. The minimum Gasteiger partial charge on any atom is -0.394 e. The minimum absolute atomic E-state index is 0.0344. The Kier molecular flexibility index (Phi) is 4.43. The van der Waals surface area contributed by atoms with Gasteiger partial charge in [-0.25, -0.2) is 8.78 Å². The van der Waals surface area contributed by atoms with Crippen LogP contribution in [0.15, 0.2) is 24.5 Å². The van der Waals surface area contributed by atoms with Crippen LogP contribution in [0.2, 0.25) is 0 Å². The van der Waals surface area contributed by atoms with Crippen molar-refractivity contribution in [3.05, 3.63) is 51.8 Å². The van der Waals surface area contributed by atoms with Gasteiger partial charge in [-0.1, -0.05) is 0 Å². The highest BCUT2D eigenvalue weighted by Gasteiger charge is 2.21. The lowest BCUT2D eigenvalue weighted by Gasteiger charge is -2.07. The summed E-state index contributed by atoms with van der Waals surface area (Å²) in [6.45, 7) is 0.250. The Balaban J connectivity index is 2.18. The zero-order valence-electron chi connectivity index (χ0n) is 10.8. The van der Waals surface area contributed by atoms with Gasteiger partial charge in [-0.15, -0.1) is 0 Å². The van der Waals surface area contributed by atoms with Crippen molar-refractivity contribution in [2.45, 2.75) is 13.1 Å². The normalized spacial score (nSPS) is 10.6. The first-order valence-electron chi connectivity index (χ1n) is 6.01. The number of rotatable bonds is 6. The van der Waals surface area contributed by atoms with E-state index in [-0.39, 0.29) is 13.2 Å². The molecule has 2 rings (SSSR count). The van der Waals surface area contributed by atoms with Crippen molar-refractivity contribution < 1.29 is 18.8 Å². The van der Waals surface area contributed by atoms with E-state index in [0.29, 0.717) is 18.2 Å². The summed E-state index contributed by atoms with van der Waals surface area (Å²) in [7, 11) is 0. The van der Waals surface area contributed by atoms with Crippen molar-refractivity contribution in [3.8, 4) is 0 Å². The number of aromatic nitrogens is 2. The van der Waals surface area contributed by atoms with Crippen LogP contribution in [0.3, 0.4) is 0 Å². The molecule has 0 unspecified atom stereocenters. The van der Waals surface area contributed by atoms with Gasteiger partial charge in [-0.3, -0.25) is 14.8 Å². The summed E-state index contributed by atoms with van der Waals surface area (Å²) in [4.78, 5) is 10.0. The average molecular weight is 298 g/mol. The molecule has 0 bridgehead atoms. The van der Waals surface area contributed by atoms with Crippen LogP contribution < -0.4 is 5.32 Å². The molecule has 0 fully saturated rings. The summed E-state index contributed by atoms with van der Waals surface area (Å²) in [6.07, 6.45) is 3.05. The Morgan fingerprint density at radius 3 is 2.86 bits per heavy atom. The molecule has 2 N–H and O–H groups in total. The van der Waals surface area contributed by atoms with E-state index in [1.54, 1.807) is 6.20 Å². The van der Waals surface area contributed by atoms with E-state index in [0.717, 1.165) is 6.07 Å². The summed E-state index contributed by atoms with van der Waals surface area (Å²) in [6, 6.07) is 1.61. The number of aliphatic hydroxyl groups is 1. The first-order valence-corrected chi connectivity index (χ1v) is 6.01. The first kappa shape index (κ1) is 14.9. The van der Waals surface area contributed by atoms with Gasteiger partial charge in [-0.2, -0.15) is 5.10 Å². The van der Waals surface area contributed by atoms with Gasteiger partial charge in [0, 0.05) is 24.4 Å². The fraction of sp³-hybridized carbons (Fsp3) is 0.250. The van der Waals surface area contributed by atoms with E-state index in [1.807, 2.05) is 0 Å². The molecule has 7 nitrogen and oxygen atoms in total. The Hall–Kier alpha value is -2.55. The topological polar surface area (TPSA) is 93.2 Å². The van der Waals surface area contributed by atoms with Gasteiger partial charge < -0.3 is 10.4 Å². The van der Waals surface area contributed by atoms with Crippen LogP contribution in [0.5, 0.6) is 0 Å². The molecule has 0 aliphatic rings. The zero-order chi connectivity index (χ0) is 15.4. The highest BCUT2D eigenvalue weighted by molar-refractivity contribution is 5.62. The van der Waals surface area contributed by atoms with Crippen LogP contribution in [-0.2, 0) is 13.1 Å². The molecular weight excluding hydrogens is 286 g/mol. The molecule has 0 saturated heterocycles. The molecule has 0 aliphatic heterocycles. The van der Waals surface area contributed by atoms with E-state index >= 15 is 0 Å². The number of anilines is 1. The largest absolute Gasteiger partial charge is 0.394 e. The predicted octanol–water partition coefficient (Wildman–Crippen LogP) is 1.67. The number of nitro groups is 1. The van der Waals surface area contributed by atoms with Crippen molar-refractivity contribution in [2.24, 2.45) is 0 Å². The van der Waals surface area contributed by atoms with Gasteiger partial charge in [0.2, 0.25) is 0 Å². The fourth-order valence-electron chi connectivity index (χ4n) is 1.77. The van der Waals surface area contributed by atoms with Crippen LogP contribution in [0.1, 0.15) is 5.56 Å². The van der Waals surface area contributed by atoms with Gasteiger partial charge in [-0.05, 0) is 6.07 Å². The van der Waals surface area contributed by atoms with E-state index in [9.17, 15) is 18.9 Å². The minimum atomic E-state index is -1.30. The van der Waals surface area contributed by atoms with E-state index < -0.39 is 27.9 Å². The third kappa shape index (κ3) is 3.31. The zero-order valence-corrected chi connectivity index (χ0v) is 10.8. The quantitative estimate of drug-likeness (QED) is 0.625. The van der Waals surface area contributed by atoms with Crippen LogP contribution in [0, 0.1) is 21.7 Å². The van der Waals surface area contributed by atoms with E-state index in [1.165, 1.54) is 10.9 Å².